The average molecular weight is 474 g/mol. The first-order chi connectivity index (χ1) is 17.1. The molecule has 3 aromatic rings. The van der Waals surface area contributed by atoms with Crippen LogP contribution in [0.4, 0.5) is 4.79 Å². The third-order valence-corrected chi connectivity index (χ3v) is 5.37. The van der Waals surface area contributed by atoms with Gasteiger partial charge >= 0.3 is 6.09 Å². The number of hydrogen-bond donors (Lipinski definition) is 3. The van der Waals surface area contributed by atoms with Gasteiger partial charge in [-0.3, -0.25) is 9.59 Å². The summed E-state index contributed by atoms with van der Waals surface area (Å²) >= 11 is 0. The largest absolute Gasteiger partial charge is 0.445 e. The molecule has 0 radical (unpaired) electrons. The van der Waals surface area contributed by atoms with Crippen molar-refractivity contribution in [3.05, 3.63) is 108 Å². The van der Waals surface area contributed by atoms with Gasteiger partial charge in [0.05, 0.1) is 0 Å². The summed E-state index contributed by atoms with van der Waals surface area (Å²) in [6.07, 6.45) is 1.24. The van der Waals surface area contributed by atoms with Gasteiger partial charge in [0.1, 0.15) is 12.6 Å². The zero-order chi connectivity index (χ0) is 24.7. The first kappa shape index (κ1) is 25.5. The highest BCUT2D eigenvalue weighted by Gasteiger charge is 2.21. The molecule has 3 amide bonds. The second-order valence-electron chi connectivity index (χ2n) is 8.08. The van der Waals surface area contributed by atoms with E-state index in [1.807, 2.05) is 66.7 Å². The van der Waals surface area contributed by atoms with Crippen LogP contribution >= 0.6 is 0 Å². The SMILES string of the molecule is O=C(NCCCCC(NC(=O)c1ccccc1)C(=O)NCc1ccccc1)OCc1ccccc1. The number of rotatable bonds is 12. The van der Waals surface area contributed by atoms with Crippen LogP contribution in [-0.2, 0) is 22.7 Å². The monoisotopic (exact) mass is 473 g/mol. The van der Waals surface area contributed by atoms with Crippen molar-refractivity contribution in [1.29, 1.82) is 0 Å². The molecule has 3 N–H and O–H groups in total. The van der Waals surface area contributed by atoms with E-state index < -0.39 is 12.1 Å². The summed E-state index contributed by atoms with van der Waals surface area (Å²) in [5.74, 6) is -0.540. The molecule has 0 aliphatic rings. The van der Waals surface area contributed by atoms with E-state index in [4.69, 9.17) is 4.74 Å². The first-order valence-corrected chi connectivity index (χ1v) is 11.7. The van der Waals surface area contributed by atoms with E-state index in [0.29, 0.717) is 37.9 Å². The van der Waals surface area contributed by atoms with Crippen molar-refractivity contribution >= 4 is 17.9 Å². The second-order valence-corrected chi connectivity index (χ2v) is 8.08. The van der Waals surface area contributed by atoms with Crippen LogP contribution in [0, 0.1) is 0 Å². The van der Waals surface area contributed by atoms with Crippen LogP contribution in [0.1, 0.15) is 40.7 Å². The lowest BCUT2D eigenvalue weighted by atomic mass is 10.1. The topological polar surface area (TPSA) is 96.5 Å². The Morgan fingerprint density at radius 2 is 1.31 bits per heavy atom. The Morgan fingerprint density at radius 3 is 1.97 bits per heavy atom. The van der Waals surface area contributed by atoms with Crippen molar-refractivity contribution < 1.29 is 19.1 Å². The lowest BCUT2D eigenvalue weighted by Crippen LogP contribution is -2.46. The summed E-state index contributed by atoms with van der Waals surface area (Å²) < 4.78 is 5.20. The minimum Gasteiger partial charge on any atom is -0.445 e. The molecule has 7 nitrogen and oxygen atoms in total. The Morgan fingerprint density at radius 1 is 0.714 bits per heavy atom. The normalized spacial score (nSPS) is 11.2. The van der Waals surface area contributed by atoms with Gasteiger partial charge in [0.2, 0.25) is 5.91 Å². The van der Waals surface area contributed by atoms with Crippen molar-refractivity contribution in [3.8, 4) is 0 Å². The number of benzene rings is 3. The van der Waals surface area contributed by atoms with Crippen LogP contribution in [0.25, 0.3) is 0 Å². The number of carbonyl (C=O) groups excluding carboxylic acids is 3. The van der Waals surface area contributed by atoms with Crippen LogP contribution < -0.4 is 16.0 Å². The minimum atomic E-state index is -0.684. The summed E-state index contributed by atoms with van der Waals surface area (Å²) in [5, 5.41) is 8.47. The summed E-state index contributed by atoms with van der Waals surface area (Å²) in [5.41, 5.74) is 2.39. The maximum Gasteiger partial charge on any atom is 0.407 e. The number of amides is 3. The molecule has 0 aliphatic carbocycles. The third kappa shape index (κ3) is 9.33. The zero-order valence-electron chi connectivity index (χ0n) is 19.6. The van der Waals surface area contributed by atoms with Gasteiger partial charge < -0.3 is 20.7 Å². The van der Waals surface area contributed by atoms with Gasteiger partial charge in [0.15, 0.2) is 0 Å². The van der Waals surface area contributed by atoms with Gasteiger partial charge in [-0.15, -0.1) is 0 Å². The molecule has 35 heavy (non-hydrogen) atoms. The van der Waals surface area contributed by atoms with Gasteiger partial charge in [0, 0.05) is 18.7 Å². The molecule has 182 valence electrons. The summed E-state index contributed by atoms with van der Waals surface area (Å²) in [4.78, 5) is 37.4. The summed E-state index contributed by atoms with van der Waals surface area (Å²) in [6.45, 7) is 1.01. The van der Waals surface area contributed by atoms with Crippen LogP contribution in [0.5, 0.6) is 0 Å². The Balaban J connectivity index is 1.44. The molecule has 7 heteroatoms. The van der Waals surface area contributed by atoms with Gasteiger partial charge in [0.25, 0.3) is 5.91 Å². The van der Waals surface area contributed by atoms with E-state index in [0.717, 1.165) is 11.1 Å². The molecular weight excluding hydrogens is 442 g/mol. The smallest absolute Gasteiger partial charge is 0.407 e. The fourth-order valence-corrected chi connectivity index (χ4v) is 3.45. The fraction of sp³-hybridized carbons (Fsp3) is 0.250. The van der Waals surface area contributed by atoms with Crippen molar-refractivity contribution in [3.63, 3.8) is 0 Å². The molecule has 0 bridgehead atoms. The van der Waals surface area contributed by atoms with E-state index >= 15 is 0 Å². The van der Waals surface area contributed by atoms with Crippen LogP contribution in [0.15, 0.2) is 91.0 Å². The minimum absolute atomic E-state index is 0.210. The zero-order valence-corrected chi connectivity index (χ0v) is 19.6. The Hall–Kier alpha value is -4.13. The highest BCUT2D eigenvalue weighted by Crippen LogP contribution is 2.06. The molecule has 1 atom stereocenters. The van der Waals surface area contributed by atoms with E-state index in [1.54, 1.807) is 24.3 Å². The third-order valence-electron chi connectivity index (χ3n) is 5.37. The number of ether oxygens (including phenoxy) is 1. The summed E-state index contributed by atoms with van der Waals surface area (Å²) in [6, 6.07) is 27.2. The van der Waals surface area contributed by atoms with Gasteiger partial charge in [-0.2, -0.15) is 0 Å². The van der Waals surface area contributed by atoms with E-state index in [9.17, 15) is 14.4 Å². The second kappa shape index (κ2) is 14.2. The molecule has 0 spiro atoms. The number of alkyl carbamates (subject to hydrolysis) is 1. The fourth-order valence-electron chi connectivity index (χ4n) is 3.45. The van der Waals surface area contributed by atoms with Crippen LogP contribution in [-0.4, -0.2) is 30.5 Å². The Kier molecular flexibility index (Phi) is 10.3. The molecule has 0 heterocycles. The molecular formula is C28H31N3O4. The van der Waals surface area contributed by atoms with E-state index in [1.165, 1.54) is 0 Å². The molecule has 0 aliphatic heterocycles. The predicted molar refractivity (Wildman–Crippen MR) is 134 cm³/mol. The first-order valence-electron chi connectivity index (χ1n) is 11.7. The maximum absolute atomic E-state index is 12.9. The number of unbranched alkanes of at least 4 members (excludes halogenated alkanes) is 1. The standard InChI is InChI=1S/C28H31N3O4/c32-26(24-16-8-3-9-17-24)31-25(27(33)30-20-22-12-4-1-5-13-22)18-10-11-19-29-28(34)35-21-23-14-6-2-7-15-23/h1-9,12-17,25H,10-11,18-21H2,(H,29,34)(H,30,33)(H,31,32). The molecule has 3 rings (SSSR count). The maximum atomic E-state index is 12.9. The highest BCUT2D eigenvalue weighted by atomic mass is 16.5. The lowest BCUT2D eigenvalue weighted by Gasteiger charge is -2.19. The molecule has 0 aromatic heterocycles. The van der Waals surface area contributed by atoms with Crippen LogP contribution in [0.3, 0.4) is 0 Å². The number of hydrogen-bond acceptors (Lipinski definition) is 4. The van der Waals surface area contributed by atoms with Crippen molar-refractivity contribution in [2.75, 3.05) is 6.54 Å². The van der Waals surface area contributed by atoms with Crippen molar-refractivity contribution in [2.24, 2.45) is 0 Å². The van der Waals surface area contributed by atoms with Crippen molar-refractivity contribution in [1.82, 2.24) is 16.0 Å². The lowest BCUT2D eigenvalue weighted by molar-refractivity contribution is -0.123. The van der Waals surface area contributed by atoms with E-state index in [-0.39, 0.29) is 18.4 Å². The molecule has 0 saturated heterocycles. The van der Waals surface area contributed by atoms with Crippen molar-refractivity contribution in [2.45, 2.75) is 38.5 Å². The average Bonchev–Trinajstić information content (AvgIpc) is 2.91. The Bertz CT molecular complexity index is 1060. The molecule has 0 fully saturated rings. The quantitative estimate of drug-likeness (QED) is 0.344. The van der Waals surface area contributed by atoms with Crippen LogP contribution in [0.2, 0.25) is 0 Å². The summed E-state index contributed by atoms with van der Waals surface area (Å²) in [7, 11) is 0. The van der Waals surface area contributed by atoms with E-state index in [2.05, 4.69) is 16.0 Å². The Labute approximate surface area is 205 Å². The number of carbonyl (C=O) groups is 3. The number of nitrogens with one attached hydrogen (secondary N) is 3. The molecule has 3 aromatic carbocycles. The molecule has 1 unspecified atom stereocenters. The highest BCUT2D eigenvalue weighted by molar-refractivity contribution is 5.97. The van der Waals surface area contributed by atoms with Gasteiger partial charge in [-0.05, 0) is 42.5 Å². The predicted octanol–water partition coefficient (Wildman–Crippen LogP) is 4.20. The molecule has 0 saturated carbocycles. The van der Waals surface area contributed by atoms with Gasteiger partial charge in [-0.25, -0.2) is 4.79 Å². The van der Waals surface area contributed by atoms with Gasteiger partial charge in [-0.1, -0.05) is 78.9 Å².